The second-order valence-electron chi connectivity index (χ2n) is 7.23. The minimum absolute atomic E-state index is 0.0958. The minimum Gasteiger partial charge on any atom is -0.298 e. The summed E-state index contributed by atoms with van der Waals surface area (Å²) in [6, 6.07) is 0.490. The number of aromatic nitrogens is 4. The Bertz CT molecular complexity index is 772. The van der Waals surface area contributed by atoms with Gasteiger partial charge in [0.15, 0.2) is 0 Å². The molecule has 0 N–H and O–H groups in total. The molecule has 7 heteroatoms. The van der Waals surface area contributed by atoms with Crippen molar-refractivity contribution >= 4 is 11.3 Å². The van der Waals surface area contributed by atoms with Crippen LogP contribution in [0.15, 0.2) is 10.3 Å². The number of fused-ring (bicyclic) bond motifs is 1. The van der Waals surface area contributed by atoms with Crippen molar-refractivity contribution in [3.05, 3.63) is 32.4 Å². The molecule has 130 valence electrons. The molecule has 1 atom stereocenters. The molecule has 0 amide bonds. The van der Waals surface area contributed by atoms with Crippen molar-refractivity contribution in [1.82, 2.24) is 24.2 Å². The van der Waals surface area contributed by atoms with Crippen molar-refractivity contribution in [2.75, 3.05) is 7.05 Å². The van der Waals surface area contributed by atoms with Crippen LogP contribution >= 0.6 is 11.3 Å². The fraction of sp³-hybridized carbons (Fsp3) is 0.706. The molecule has 0 saturated heterocycles. The van der Waals surface area contributed by atoms with Crippen molar-refractivity contribution in [2.45, 2.75) is 64.7 Å². The van der Waals surface area contributed by atoms with Gasteiger partial charge in [-0.3, -0.25) is 9.47 Å². The Hall–Kier alpha value is -1.47. The summed E-state index contributed by atoms with van der Waals surface area (Å²) in [5.41, 5.74) is 3.15. The highest BCUT2D eigenvalue weighted by atomic mass is 32.1. The van der Waals surface area contributed by atoms with E-state index < -0.39 is 0 Å². The number of thiazole rings is 1. The molecule has 2 aromatic heterocycles. The summed E-state index contributed by atoms with van der Waals surface area (Å²) >= 11 is 1.73. The molecule has 1 aliphatic carbocycles. The molecule has 24 heavy (non-hydrogen) atoms. The first kappa shape index (κ1) is 16.0. The highest BCUT2D eigenvalue weighted by Gasteiger charge is 2.27. The molecule has 1 saturated carbocycles. The van der Waals surface area contributed by atoms with Gasteiger partial charge in [0.1, 0.15) is 5.82 Å². The molecule has 2 aliphatic rings. The van der Waals surface area contributed by atoms with E-state index in [2.05, 4.69) is 29.0 Å². The fourth-order valence-corrected chi connectivity index (χ4v) is 4.39. The Morgan fingerprint density at radius 3 is 2.88 bits per heavy atom. The summed E-state index contributed by atoms with van der Waals surface area (Å²) in [4.78, 5) is 20.6. The number of nitrogens with zero attached hydrogens (tertiary/aromatic N) is 5. The monoisotopic (exact) mass is 347 g/mol. The molecule has 6 nitrogen and oxygen atoms in total. The lowest BCUT2D eigenvalue weighted by Crippen LogP contribution is -2.32. The van der Waals surface area contributed by atoms with E-state index in [1.807, 2.05) is 10.1 Å². The second kappa shape index (κ2) is 6.44. The first-order valence-electron chi connectivity index (χ1n) is 8.87. The highest BCUT2D eigenvalue weighted by molar-refractivity contribution is 7.09. The van der Waals surface area contributed by atoms with Crippen LogP contribution in [-0.2, 0) is 26.1 Å². The average Bonchev–Trinajstić information content (AvgIpc) is 3.27. The Balaban J connectivity index is 1.43. The zero-order chi connectivity index (χ0) is 16.7. The van der Waals surface area contributed by atoms with Crippen LogP contribution in [0, 0.1) is 12.8 Å². The average molecular weight is 347 g/mol. The van der Waals surface area contributed by atoms with Crippen LogP contribution in [0.3, 0.4) is 0 Å². The van der Waals surface area contributed by atoms with Crippen molar-refractivity contribution in [3.63, 3.8) is 0 Å². The van der Waals surface area contributed by atoms with E-state index >= 15 is 0 Å². The van der Waals surface area contributed by atoms with Crippen LogP contribution < -0.4 is 5.69 Å². The van der Waals surface area contributed by atoms with E-state index in [0.29, 0.717) is 12.0 Å². The summed E-state index contributed by atoms with van der Waals surface area (Å²) in [6.45, 7) is 4.61. The molecular weight excluding hydrogens is 322 g/mol. The van der Waals surface area contributed by atoms with E-state index in [1.54, 1.807) is 16.0 Å². The van der Waals surface area contributed by atoms with Crippen LogP contribution in [0.2, 0.25) is 0 Å². The molecular formula is C17H25N5OS. The zero-order valence-corrected chi connectivity index (χ0v) is 15.3. The van der Waals surface area contributed by atoms with E-state index in [9.17, 15) is 4.79 Å². The Kier molecular flexibility index (Phi) is 4.30. The maximum atomic E-state index is 12.6. The molecule has 3 heterocycles. The molecule has 0 bridgehead atoms. The molecule has 1 fully saturated rings. The van der Waals surface area contributed by atoms with Crippen molar-refractivity contribution < 1.29 is 0 Å². The van der Waals surface area contributed by atoms with Crippen molar-refractivity contribution in [3.8, 4) is 0 Å². The third-order valence-electron chi connectivity index (χ3n) is 5.38. The summed E-state index contributed by atoms with van der Waals surface area (Å²) in [6.07, 6.45) is 5.46. The number of aryl methyl sites for hydroxylation is 2. The summed E-state index contributed by atoms with van der Waals surface area (Å²) in [5, 5.41) is 4.61. The normalized spacial score (nSPS) is 21.0. The van der Waals surface area contributed by atoms with Gasteiger partial charge in [-0.05, 0) is 45.6 Å². The maximum Gasteiger partial charge on any atom is 0.345 e. The molecule has 1 aliphatic heterocycles. The lowest BCUT2D eigenvalue weighted by molar-refractivity contribution is 0.211. The standard InChI is InChI=1S/C17H25N5OS/c1-12-15(24-11-18-12)10-20(2)14-5-6-16-19-22(9-13-3-4-13)17(23)21(16)8-7-14/h11,13-14H,3-10H2,1-2H3. The summed E-state index contributed by atoms with van der Waals surface area (Å²) < 4.78 is 3.62. The smallest absolute Gasteiger partial charge is 0.298 e. The van der Waals surface area contributed by atoms with Gasteiger partial charge in [-0.15, -0.1) is 11.3 Å². The molecule has 1 unspecified atom stereocenters. The topological polar surface area (TPSA) is 56.0 Å². The van der Waals surface area contributed by atoms with Gasteiger partial charge in [0.05, 0.1) is 11.2 Å². The fourth-order valence-electron chi connectivity index (χ4n) is 3.55. The molecule has 2 aromatic rings. The zero-order valence-electron chi connectivity index (χ0n) is 14.4. The first-order chi connectivity index (χ1) is 11.6. The van der Waals surface area contributed by atoms with Gasteiger partial charge in [0.2, 0.25) is 0 Å². The molecule has 0 aromatic carbocycles. The first-order valence-corrected chi connectivity index (χ1v) is 9.75. The SMILES string of the molecule is Cc1ncsc1CN(C)C1CCc2nn(CC3CC3)c(=O)n2CC1. The Morgan fingerprint density at radius 2 is 2.17 bits per heavy atom. The molecule has 0 spiro atoms. The van der Waals surface area contributed by atoms with Gasteiger partial charge >= 0.3 is 5.69 Å². The molecule has 4 rings (SSSR count). The van der Waals surface area contributed by atoms with Gasteiger partial charge in [0.25, 0.3) is 0 Å². The van der Waals surface area contributed by atoms with Gasteiger partial charge in [-0.1, -0.05) is 0 Å². The molecule has 0 radical (unpaired) electrons. The highest BCUT2D eigenvalue weighted by Crippen LogP contribution is 2.30. The summed E-state index contributed by atoms with van der Waals surface area (Å²) in [7, 11) is 2.18. The van der Waals surface area contributed by atoms with Crippen LogP contribution in [0.25, 0.3) is 0 Å². The van der Waals surface area contributed by atoms with Gasteiger partial charge in [0, 0.05) is 37.0 Å². The predicted molar refractivity (Wildman–Crippen MR) is 94.3 cm³/mol. The summed E-state index contributed by atoms with van der Waals surface area (Å²) in [5.74, 6) is 1.66. The second-order valence-corrected chi connectivity index (χ2v) is 8.17. The predicted octanol–water partition coefficient (Wildman–Crippen LogP) is 2.06. The van der Waals surface area contributed by atoms with Crippen LogP contribution in [0.5, 0.6) is 0 Å². The largest absolute Gasteiger partial charge is 0.345 e. The Morgan fingerprint density at radius 1 is 1.33 bits per heavy atom. The van der Waals surface area contributed by atoms with Gasteiger partial charge in [-0.2, -0.15) is 5.10 Å². The third-order valence-corrected chi connectivity index (χ3v) is 6.30. The van der Waals surface area contributed by atoms with Gasteiger partial charge < -0.3 is 0 Å². The van der Waals surface area contributed by atoms with E-state index in [4.69, 9.17) is 0 Å². The van der Waals surface area contributed by atoms with E-state index in [1.165, 1.54) is 17.7 Å². The van der Waals surface area contributed by atoms with Gasteiger partial charge in [-0.25, -0.2) is 14.5 Å². The van der Waals surface area contributed by atoms with E-state index in [-0.39, 0.29) is 5.69 Å². The van der Waals surface area contributed by atoms with E-state index in [0.717, 1.165) is 50.4 Å². The number of rotatable bonds is 5. The van der Waals surface area contributed by atoms with Crippen LogP contribution in [0.1, 0.15) is 42.1 Å². The Labute approximate surface area is 146 Å². The quantitative estimate of drug-likeness (QED) is 0.831. The number of hydrogen-bond acceptors (Lipinski definition) is 5. The van der Waals surface area contributed by atoms with Crippen molar-refractivity contribution in [2.24, 2.45) is 5.92 Å². The third kappa shape index (κ3) is 3.19. The minimum atomic E-state index is 0.0958. The van der Waals surface area contributed by atoms with Crippen LogP contribution in [0.4, 0.5) is 0 Å². The lowest BCUT2D eigenvalue weighted by atomic mass is 10.1. The van der Waals surface area contributed by atoms with Crippen LogP contribution in [-0.4, -0.2) is 37.3 Å². The lowest BCUT2D eigenvalue weighted by Gasteiger charge is -2.26. The van der Waals surface area contributed by atoms with Crippen molar-refractivity contribution in [1.29, 1.82) is 0 Å². The maximum absolute atomic E-state index is 12.6. The number of hydrogen-bond donors (Lipinski definition) is 0.